The summed E-state index contributed by atoms with van der Waals surface area (Å²) in [6, 6.07) is 17.4. The summed E-state index contributed by atoms with van der Waals surface area (Å²) in [7, 11) is -2.74. The van der Waals surface area contributed by atoms with Crippen LogP contribution in [-0.2, 0) is 14.5 Å². The van der Waals surface area contributed by atoms with Gasteiger partial charge in [-0.05, 0) is 11.1 Å². The van der Waals surface area contributed by atoms with Crippen molar-refractivity contribution in [1.82, 2.24) is 4.72 Å². The minimum atomic E-state index is -3.85. The molecule has 0 aliphatic heterocycles. The number of rotatable bonds is 6. The van der Waals surface area contributed by atoms with E-state index in [1.807, 2.05) is 60.7 Å². The molecule has 5 nitrogen and oxygen atoms in total. The Labute approximate surface area is 125 Å². The first-order chi connectivity index (χ1) is 10.0. The Morgan fingerprint density at radius 3 is 1.90 bits per heavy atom. The quantitative estimate of drug-likeness (QED) is 0.854. The zero-order valence-electron chi connectivity index (χ0n) is 11.6. The number of hydrogen-bond acceptors (Lipinski definition) is 4. The lowest BCUT2D eigenvalue weighted by atomic mass is 9.95. The maximum Gasteiger partial charge on any atom is 0.336 e. The molecule has 0 saturated heterocycles. The van der Waals surface area contributed by atoms with Crippen LogP contribution in [0.5, 0.6) is 0 Å². The van der Waals surface area contributed by atoms with E-state index in [4.69, 9.17) is 5.73 Å². The largest absolute Gasteiger partial charge is 0.336 e. The Balaban J connectivity index is 2.37. The second-order valence-electron chi connectivity index (χ2n) is 4.56. The molecule has 2 aromatic carbocycles. The lowest BCUT2D eigenvalue weighted by molar-refractivity contribution is 0.371. The van der Waals surface area contributed by atoms with Gasteiger partial charge < -0.3 is 5.73 Å². The van der Waals surface area contributed by atoms with Crippen molar-refractivity contribution in [2.75, 3.05) is 7.11 Å². The second kappa shape index (κ2) is 6.82. The molecule has 0 amide bonds. The molecular weight excluding hydrogens is 288 g/mol. The minimum Gasteiger partial charge on any atom is -0.322 e. The molecule has 0 aliphatic rings. The third-order valence-electron chi connectivity index (χ3n) is 3.19. The highest BCUT2D eigenvalue weighted by Gasteiger charge is 2.26. The topological polar surface area (TPSA) is 81.4 Å². The van der Waals surface area contributed by atoms with Gasteiger partial charge in [-0.3, -0.25) is 4.18 Å². The van der Waals surface area contributed by atoms with Gasteiger partial charge in [0, 0.05) is 0 Å². The molecule has 0 radical (unpaired) electrons. The van der Waals surface area contributed by atoms with Crippen molar-refractivity contribution in [3.63, 3.8) is 0 Å². The van der Waals surface area contributed by atoms with Gasteiger partial charge in [0.15, 0.2) is 0 Å². The Kier molecular flexibility index (Phi) is 5.08. The lowest BCUT2D eigenvalue weighted by Gasteiger charge is -2.25. The standard InChI is InChI=1S/C15H18N2O3S/c1-20-21(18,19)17-15(13-10-6-3-7-11-13)14(16)12-8-4-2-5-9-12/h2-11,14-15,17H,16H2,1H3/t14-,15-/m0/s1. The van der Waals surface area contributed by atoms with Gasteiger partial charge in [0.05, 0.1) is 19.2 Å². The highest BCUT2D eigenvalue weighted by atomic mass is 32.2. The molecule has 6 heteroatoms. The molecule has 0 heterocycles. The van der Waals surface area contributed by atoms with Crippen molar-refractivity contribution in [3.8, 4) is 0 Å². The molecule has 0 saturated carbocycles. The second-order valence-corrected chi connectivity index (χ2v) is 6.04. The van der Waals surface area contributed by atoms with Gasteiger partial charge in [-0.1, -0.05) is 60.7 Å². The Morgan fingerprint density at radius 1 is 0.952 bits per heavy atom. The first kappa shape index (κ1) is 15.7. The van der Waals surface area contributed by atoms with Crippen molar-refractivity contribution >= 4 is 10.3 Å². The molecule has 2 rings (SSSR count). The van der Waals surface area contributed by atoms with Gasteiger partial charge in [0.1, 0.15) is 0 Å². The number of hydrogen-bond donors (Lipinski definition) is 2. The summed E-state index contributed by atoms with van der Waals surface area (Å²) < 4.78 is 30.4. The van der Waals surface area contributed by atoms with E-state index in [1.165, 1.54) is 0 Å². The Morgan fingerprint density at radius 2 is 1.43 bits per heavy atom. The Bertz CT molecular complexity index is 660. The summed E-state index contributed by atoms with van der Waals surface area (Å²) in [6.45, 7) is 0. The van der Waals surface area contributed by atoms with Gasteiger partial charge in [0.25, 0.3) is 0 Å². The molecule has 2 atom stereocenters. The fourth-order valence-electron chi connectivity index (χ4n) is 2.08. The van der Waals surface area contributed by atoms with Gasteiger partial charge in [-0.2, -0.15) is 13.1 Å². The van der Waals surface area contributed by atoms with E-state index in [9.17, 15) is 8.42 Å². The number of nitrogens with two attached hydrogens (primary N) is 1. The molecule has 112 valence electrons. The van der Waals surface area contributed by atoms with Crippen molar-refractivity contribution in [2.45, 2.75) is 12.1 Å². The van der Waals surface area contributed by atoms with E-state index >= 15 is 0 Å². The smallest absolute Gasteiger partial charge is 0.322 e. The van der Waals surface area contributed by atoms with Crippen molar-refractivity contribution < 1.29 is 12.6 Å². The van der Waals surface area contributed by atoms with Gasteiger partial charge in [-0.15, -0.1) is 0 Å². The monoisotopic (exact) mass is 306 g/mol. The molecule has 0 unspecified atom stereocenters. The van der Waals surface area contributed by atoms with Crippen LogP contribution in [0.3, 0.4) is 0 Å². The van der Waals surface area contributed by atoms with Gasteiger partial charge in [0.2, 0.25) is 0 Å². The van der Waals surface area contributed by atoms with E-state index in [0.717, 1.165) is 18.2 Å². The molecular formula is C15H18N2O3S. The highest BCUT2D eigenvalue weighted by Crippen LogP contribution is 2.27. The maximum atomic E-state index is 11.7. The van der Waals surface area contributed by atoms with E-state index in [2.05, 4.69) is 8.91 Å². The molecule has 0 aromatic heterocycles. The lowest BCUT2D eigenvalue weighted by Crippen LogP contribution is -2.36. The third-order valence-corrected chi connectivity index (χ3v) is 4.17. The van der Waals surface area contributed by atoms with Crippen LogP contribution in [0.25, 0.3) is 0 Å². The fourth-order valence-corrected chi connectivity index (χ4v) is 2.77. The van der Waals surface area contributed by atoms with Crippen LogP contribution in [0.15, 0.2) is 60.7 Å². The van der Waals surface area contributed by atoms with E-state index in [1.54, 1.807) is 0 Å². The SMILES string of the molecule is COS(=O)(=O)N[C@@H](c1ccccc1)[C@@H](N)c1ccccc1. The van der Waals surface area contributed by atoms with Crippen molar-refractivity contribution in [1.29, 1.82) is 0 Å². The van der Waals surface area contributed by atoms with Crippen LogP contribution >= 0.6 is 0 Å². The summed E-state index contributed by atoms with van der Waals surface area (Å²) >= 11 is 0. The molecule has 0 spiro atoms. The van der Waals surface area contributed by atoms with Crippen LogP contribution in [0, 0.1) is 0 Å². The van der Waals surface area contributed by atoms with Crippen LogP contribution in [0.2, 0.25) is 0 Å². The van der Waals surface area contributed by atoms with Crippen LogP contribution in [-0.4, -0.2) is 15.5 Å². The van der Waals surface area contributed by atoms with E-state index in [0.29, 0.717) is 0 Å². The average Bonchev–Trinajstić information content (AvgIpc) is 2.54. The highest BCUT2D eigenvalue weighted by molar-refractivity contribution is 7.84. The number of nitrogens with one attached hydrogen (secondary N) is 1. The minimum absolute atomic E-state index is 0.529. The summed E-state index contributed by atoms with van der Waals surface area (Å²) in [4.78, 5) is 0. The van der Waals surface area contributed by atoms with E-state index < -0.39 is 22.4 Å². The third kappa shape index (κ3) is 4.12. The molecule has 0 bridgehead atoms. The maximum absolute atomic E-state index is 11.7. The first-order valence-corrected chi connectivity index (χ1v) is 7.87. The van der Waals surface area contributed by atoms with Crippen LogP contribution in [0.4, 0.5) is 0 Å². The average molecular weight is 306 g/mol. The fraction of sp³-hybridized carbons (Fsp3) is 0.200. The zero-order valence-corrected chi connectivity index (χ0v) is 12.5. The molecule has 21 heavy (non-hydrogen) atoms. The summed E-state index contributed by atoms with van der Waals surface area (Å²) in [5.41, 5.74) is 7.86. The number of benzene rings is 2. The predicted molar refractivity (Wildman–Crippen MR) is 81.6 cm³/mol. The zero-order chi connectivity index (χ0) is 15.3. The first-order valence-electron chi connectivity index (χ1n) is 6.47. The predicted octanol–water partition coefficient (Wildman–Crippen LogP) is 1.91. The summed E-state index contributed by atoms with van der Waals surface area (Å²) in [5.74, 6) is 0. The summed E-state index contributed by atoms with van der Waals surface area (Å²) in [5, 5.41) is 0. The van der Waals surface area contributed by atoms with Crippen LogP contribution in [0.1, 0.15) is 23.2 Å². The summed E-state index contributed by atoms with van der Waals surface area (Å²) in [6.07, 6.45) is 0. The van der Waals surface area contributed by atoms with Crippen LogP contribution < -0.4 is 10.5 Å². The van der Waals surface area contributed by atoms with Crippen molar-refractivity contribution in [3.05, 3.63) is 71.8 Å². The molecule has 3 N–H and O–H groups in total. The normalized spacial score (nSPS) is 14.6. The van der Waals surface area contributed by atoms with Gasteiger partial charge >= 0.3 is 10.3 Å². The van der Waals surface area contributed by atoms with Crippen molar-refractivity contribution in [2.24, 2.45) is 5.73 Å². The van der Waals surface area contributed by atoms with Gasteiger partial charge in [-0.25, -0.2) is 0 Å². The van der Waals surface area contributed by atoms with E-state index in [-0.39, 0.29) is 0 Å². The molecule has 2 aromatic rings. The Hall–Kier alpha value is -1.73. The molecule has 0 aliphatic carbocycles. The molecule has 0 fully saturated rings.